The fourth-order valence-electron chi connectivity index (χ4n) is 2.76. The summed E-state index contributed by atoms with van der Waals surface area (Å²) in [4.78, 5) is 3.93. The lowest BCUT2D eigenvalue weighted by atomic mass is 10.2. The molecule has 0 bridgehead atoms. The van der Waals surface area contributed by atoms with E-state index in [2.05, 4.69) is 30.8 Å². The van der Waals surface area contributed by atoms with Gasteiger partial charge in [-0.2, -0.15) is 0 Å². The van der Waals surface area contributed by atoms with Crippen molar-refractivity contribution in [3.05, 3.63) is 30.4 Å². The second kappa shape index (κ2) is 6.93. The van der Waals surface area contributed by atoms with Crippen LogP contribution in [0.5, 0.6) is 0 Å². The molecule has 1 aliphatic heterocycles. The van der Waals surface area contributed by atoms with Crippen molar-refractivity contribution in [2.45, 2.75) is 37.6 Å². The van der Waals surface area contributed by atoms with Crippen LogP contribution in [0.2, 0.25) is 0 Å². The molecule has 130 valence electrons. The predicted molar refractivity (Wildman–Crippen MR) is 87.1 cm³/mol. The first-order valence-corrected chi connectivity index (χ1v) is 9.24. The van der Waals surface area contributed by atoms with Crippen molar-refractivity contribution < 1.29 is 12.8 Å². The van der Waals surface area contributed by atoms with Gasteiger partial charge in [0.15, 0.2) is 0 Å². The molecule has 0 saturated carbocycles. The molecule has 1 aliphatic rings. The second-order valence-corrected chi connectivity index (χ2v) is 7.68. The molecule has 3 rings (SSSR count). The Morgan fingerprint density at radius 3 is 2.50 bits per heavy atom. The maximum atomic E-state index is 12.4. The Kier molecular flexibility index (Phi) is 4.90. The van der Waals surface area contributed by atoms with Crippen molar-refractivity contribution in [3.63, 3.8) is 0 Å². The number of sulfonamides is 1. The normalized spacial score (nSPS) is 24.3. The molecule has 1 fully saturated rings. The summed E-state index contributed by atoms with van der Waals surface area (Å²) in [5, 5.41) is 7.37. The molecule has 2 aromatic rings. The van der Waals surface area contributed by atoms with Gasteiger partial charge in [0.2, 0.25) is 21.8 Å². The van der Waals surface area contributed by atoms with E-state index >= 15 is 0 Å². The summed E-state index contributed by atoms with van der Waals surface area (Å²) in [6, 6.07) is 3.20. The summed E-state index contributed by atoms with van der Waals surface area (Å²) < 4.78 is 33.0. The minimum Gasteiger partial charge on any atom is -0.421 e. The Balaban J connectivity index is 1.58. The third-order valence-corrected chi connectivity index (χ3v) is 6.06. The van der Waals surface area contributed by atoms with Crippen LogP contribution in [-0.4, -0.2) is 47.5 Å². The van der Waals surface area contributed by atoms with Crippen LogP contribution in [-0.2, 0) is 16.4 Å². The molecule has 0 amide bonds. The Morgan fingerprint density at radius 2 is 1.83 bits per heavy atom. The first kappa shape index (κ1) is 17.0. The van der Waals surface area contributed by atoms with E-state index in [-0.39, 0.29) is 18.6 Å². The van der Waals surface area contributed by atoms with Crippen LogP contribution < -0.4 is 15.6 Å². The van der Waals surface area contributed by atoms with E-state index < -0.39 is 15.3 Å². The number of hydrogen-bond donors (Lipinski definition) is 3. The summed E-state index contributed by atoms with van der Waals surface area (Å²) in [5.41, 5.74) is 6.65. The highest BCUT2D eigenvalue weighted by Crippen LogP contribution is 2.17. The van der Waals surface area contributed by atoms with Crippen LogP contribution >= 0.6 is 0 Å². The van der Waals surface area contributed by atoms with E-state index in [1.807, 2.05) is 13.8 Å². The van der Waals surface area contributed by atoms with E-state index in [9.17, 15) is 8.42 Å². The van der Waals surface area contributed by atoms with Gasteiger partial charge in [0.1, 0.15) is 5.25 Å². The third kappa shape index (κ3) is 3.61. The van der Waals surface area contributed by atoms with Crippen LogP contribution in [0.3, 0.4) is 0 Å². The lowest BCUT2D eigenvalue weighted by Gasteiger charge is -2.18. The monoisotopic (exact) mass is 352 g/mol. The zero-order valence-corrected chi connectivity index (χ0v) is 14.2. The van der Waals surface area contributed by atoms with E-state index in [0.29, 0.717) is 18.2 Å². The average molecular weight is 352 g/mol. The molecule has 0 aliphatic carbocycles. The van der Waals surface area contributed by atoms with Gasteiger partial charge in [0.05, 0.1) is 0 Å². The van der Waals surface area contributed by atoms with Gasteiger partial charge in [-0.25, -0.2) is 13.1 Å². The van der Waals surface area contributed by atoms with Gasteiger partial charge in [-0.1, -0.05) is 0 Å². The van der Waals surface area contributed by atoms with Gasteiger partial charge in [-0.3, -0.25) is 15.8 Å². The van der Waals surface area contributed by atoms with Gasteiger partial charge < -0.3 is 4.42 Å². The van der Waals surface area contributed by atoms with Crippen LogP contribution in [0.15, 0.2) is 28.9 Å². The van der Waals surface area contributed by atoms with Gasteiger partial charge in [-0.05, 0) is 26.0 Å². The molecule has 9 nitrogen and oxygen atoms in total. The first-order valence-electron chi connectivity index (χ1n) is 7.69. The predicted octanol–water partition coefficient (Wildman–Crippen LogP) is -0.153. The fourth-order valence-corrected chi connectivity index (χ4v) is 4.55. The van der Waals surface area contributed by atoms with Crippen LogP contribution in [0.1, 0.15) is 19.7 Å². The Morgan fingerprint density at radius 1 is 1.17 bits per heavy atom. The number of rotatable bonds is 6. The van der Waals surface area contributed by atoms with E-state index in [1.165, 1.54) is 0 Å². The van der Waals surface area contributed by atoms with Crippen LogP contribution in [0.4, 0.5) is 0 Å². The molecule has 10 heteroatoms. The fraction of sp³-hybridized carbons (Fsp3) is 0.500. The molecule has 1 saturated heterocycles. The zero-order chi connectivity index (χ0) is 17.2. The highest BCUT2D eigenvalue weighted by atomic mass is 32.2. The first-order chi connectivity index (χ1) is 11.5. The summed E-state index contributed by atoms with van der Waals surface area (Å²) in [7, 11) is -3.45. The van der Waals surface area contributed by atoms with E-state index in [1.54, 1.807) is 24.5 Å². The molecule has 0 radical (unpaired) electrons. The highest BCUT2D eigenvalue weighted by molar-refractivity contribution is 7.90. The van der Waals surface area contributed by atoms with Crippen molar-refractivity contribution in [1.82, 2.24) is 30.8 Å². The van der Waals surface area contributed by atoms with E-state index in [4.69, 9.17) is 4.42 Å². The molecule has 2 unspecified atom stereocenters. The lowest BCUT2D eigenvalue weighted by Crippen LogP contribution is -2.45. The van der Waals surface area contributed by atoms with Crippen molar-refractivity contribution in [3.8, 4) is 11.5 Å². The summed E-state index contributed by atoms with van der Waals surface area (Å²) >= 11 is 0. The van der Waals surface area contributed by atoms with Gasteiger partial charge in [0, 0.05) is 43.0 Å². The van der Waals surface area contributed by atoms with Crippen molar-refractivity contribution in [2.75, 3.05) is 6.54 Å². The zero-order valence-electron chi connectivity index (χ0n) is 13.4. The molecule has 2 atom stereocenters. The number of hydrogen-bond acceptors (Lipinski definition) is 8. The third-order valence-electron chi connectivity index (χ3n) is 3.92. The number of pyridine rings is 1. The van der Waals surface area contributed by atoms with Gasteiger partial charge in [0.25, 0.3) is 0 Å². The number of nitrogens with one attached hydrogen (secondary N) is 3. The van der Waals surface area contributed by atoms with Crippen molar-refractivity contribution in [1.29, 1.82) is 0 Å². The number of hydrazine groups is 1. The molecule has 24 heavy (non-hydrogen) atoms. The van der Waals surface area contributed by atoms with Crippen LogP contribution in [0.25, 0.3) is 11.5 Å². The van der Waals surface area contributed by atoms with E-state index in [0.717, 1.165) is 5.56 Å². The minimum atomic E-state index is -3.45. The molecule has 0 spiro atoms. The Labute approximate surface area is 140 Å². The van der Waals surface area contributed by atoms with Gasteiger partial charge in [-0.15, -0.1) is 10.2 Å². The van der Waals surface area contributed by atoms with Crippen molar-refractivity contribution in [2.24, 2.45) is 0 Å². The Bertz CT molecular complexity index is 769. The maximum Gasteiger partial charge on any atom is 0.247 e. The molecule has 3 heterocycles. The van der Waals surface area contributed by atoms with Gasteiger partial charge >= 0.3 is 0 Å². The van der Waals surface area contributed by atoms with Crippen molar-refractivity contribution >= 4 is 10.0 Å². The Hall–Kier alpha value is -1.88. The molecular formula is C14H20N6O3S. The molecule has 3 N–H and O–H groups in total. The maximum absolute atomic E-state index is 12.4. The largest absolute Gasteiger partial charge is 0.421 e. The highest BCUT2D eigenvalue weighted by Gasteiger charge is 2.39. The second-order valence-electron chi connectivity index (χ2n) is 5.76. The topological polar surface area (TPSA) is 122 Å². The summed E-state index contributed by atoms with van der Waals surface area (Å²) in [6.45, 7) is 3.87. The standard InChI is InChI=1S/C14H20N6O3S/c1-9-13(10(2)18-17-9)24(21,22)16-8-5-12-19-20-14(23-12)11-3-6-15-7-4-11/h3-4,6-7,9-10,13,16-18H,5,8H2,1-2H3. The number of nitrogens with zero attached hydrogens (tertiary/aromatic N) is 3. The minimum absolute atomic E-state index is 0.167. The molecular weight excluding hydrogens is 332 g/mol. The SMILES string of the molecule is CC1NNC(C)C1S(=O)(=O)NCCc1nnc(-c2ccncc2)o1. The smallest absolute Gasteiger partial charge is 0.247 e. The molecule has 2 aromatic heterocycles. The van der Waals surface area contributed by atoms with Crippen LogP contribution in [0, 0.1) is 0 Å². The number of aromatic nitrogens is 3. The summed E-state index contributed by atoms with van der Waals surface area (Å²) in [5.74, 6) is 0.773. The summed E-state index contributed by atoms with van der Waals surface area (Å²) in [6.07, 6.45) is 3.60. The lowest BCUT2D eigenvalue weighted by molar-refractivity contribution is 0.499. The average Bonchev–Trinajstić information content (AvgIpc) is 3.15. The molecule has 0 aromatic carbocycles. The quantitative estimate of drug-likeness (QED) is 0.656.